The van der Waals surface area contributed by atoms with Gasteiger partial charge in [0.25, 0.3) is 0 Å². The van der Waals surface area contributed by atoms with Crippen molar-refractivity contribution < 1.29 is 9.53 Å². The van der Waals surface area contributed by atoms with E-state index in [0.717, 1.165) is 32.0 Å². The summed E-state index contributed by atoms with van der Waals surface area (Å²) in [7, 11) is 0. The number of esters is 1. The Bertz CT molecular complexity index is 309. The van der Waals surface area contributed by atoms with Crippen LogP contribution in [-0.4, -0.2) is 49.2 Å². The predicted octanol–water partition coefficient (Wildman–Crippen LogP) is 2.18. The van der Waals surface area contributed by atoms with Gasteiger partial charge in [-0.25, -0.2) is 0 Å². The van der Waals surface area contributed by atoms with Gasteiger partial charge in [0.2, 0.25) is 0 Å². The van der Waals surface area contributed by atoms with Gasteiger partial charge in [-0.1, -0.05) is 19.8 Å². The molecule has 1 saturated heterocycles. The predicted molar refractivity (Wildman–Crippen MR) is 80.7 cm³/mol. The van der Waals surface area contributed by atoms with Crippen molar-refractivity contribution in [3.63, 3.8) is 0 Å². The van der Waals surface area contributed by atoms with Crippen LogP contribution < -0.4 is 5.32 Å². The van der Waals surface area contributed by atoms with E-state index >= 15 is 0 Å². The number of ether oxygens (including phenoxy) is 1. The first-order chi connectivity index (χ1) is 9.76. The summed E-state index contributed by atoms with van der Waals surface area (Å²) in [6.07, 6.45) is 7.80. The molecule has 1 heterocycles. The first kappa shape index (κ1) is 15.8. The number of nitrogens with zero attached hydrogens (tertiary/aromatic N) is 1. The molecular weight excluding hydrogens is 252 g/mol. The van der Waals surface area contributed by atoms with Crippen molar-refractivity contribution >= 4 is 5.97 Å². The van der Waals surface area contributed by atoms with Gasteiger partial charge in [0, 0.05) is 12.6 Å². The van der Waals surface area contributed by atoms with E-state index < -0.39 is 0 Å². The van der Waals surface area contributed by atoms with Gasteiger partial charge in [0.15, 0.2) is 0 Å². The summed E-state index contributed by atoms with van der Waals surface area (Å²) in [4.78, 5) is 14.6. The third-order valence-corrected chi connectivity index (χ3v) is 4.75. The molecular formula is C16H30N2O2. The van der Waals surface area contributed by atoms with Gasteiger partial charge >= 0.3 is 5.97 Å². The Morgan fingerprint density at radius 2 is 2.10 bits per heavy atom. The molecule has 2 fully saturated rings. The van der Waals surface area contributed by atoms with Crippen LogP contribution in [0.3, 0.4) is 0 Å². The highest BCUT2D eigenvalue weighted by Crippen LogP contribution is 2.36. The Morgan fingerprint density at radius 3 is 2.85 bits per heavy atom. The van der Waals surface area contributed by atoms with Crippen molar-refractivity contribution in [3.05, 3.63) is 0 Å². The highest BCUT2D eigenvalue weighted by molar-refractivity contribution is 5.76. The van der Waals surface area contributed by atoms with Crippen LogP contribution in [0.1, 0.15) is 52.4 Å². The van der Waals surface area contributed by atoms with Gasteiger partial charge in [-0.15, -0.1) is 0 Å². The first-order valence-electron chi connectivity index (χ1n) is 8.40. The number of carbonyl (C=O) groups is 1. The minimum atomic E-state index is -0.157. The van der Waals surface area contributed by atoms with Crippen molar-refractivity contribution in [2.24, 2.45) is 5.92 Å². The van der Waals surface area contributed by atoms with E-state index in [1.54, 1.807) is 0 Å². The first-order valence-corrected chi connectivity index (χ1v) is 8.40. The molecule has 0 aromatic carbocycles. The summed E-state index contributed by atoms with van der Waals surface area (Å²) in [5, 5.41) is 3.36. The van der Waals surface area contributed by atoms with Gasteiger partial charge in [-0.2, -0.15) is 0 Å². The second-order valence-electron chi connectivity index (χ2n) is 6.15. The lowest BCUT2D eigenvalue weighted by molar-refractivity contribution is -0.146. The summed E-state index contributed by atoms with van der Waals surface area (Å²) in [6, 6.07) is 0.555. The van der Waals surface area contributed by atoms with Crippen molar-refractivity contribution in [3.8, 4) is 0 Å². The molecule has 4 nitrogen and oxygen atoms in total. The summed E-state index contributed by atoms with van der Waals surface area (Å²) < 4.78 is 5.22. The molecule has 1 saturated carbocycles. The number of hydrogen-bond acceptors (Lipinski definition) is 4. The largest absolute Gasteiger partial charge is 0.465 e. The Balaban J connectivity index is 1.90. The summed E-state index contributed by atoms with van der Waals surface area (Å²) in [5.74, 6) is 0.790. The quantitative estimate of drug-likeness (QED) is 0.727. The Morgan fingerprint density at radius 1 is 1.30 bits per heavy atom. The Kier molecular flexibility index (Phi) is 6.30. The maximum atomic E-state index is 12.1. The SMILES string of the molecule is CCCNC(CN1CCC2CCCCC21)C(=O)OCC. The highest BCUT2D eigenvalue weighted by atomic mass is 16.5. The van der Waals surface area contributed by atoms with Gasteiger partial charge in [-0.05, 0) is 51.6 Å². The maximum absolute atomic E-state index is 12.1. The third kappa shape index (κ3) is 3.95. The number of likely N-dealkylation sites (tertiary alicyclic amines) is 1. The Labute approximate surface area is 123 Å². The number of carbonyl (C=O) groups excluding carboxylic acids is 1. The van der Waals surface area contributed by atoms with E-state index in [1.165, 1.54) is 32.1 Å². The van der Waals surface area contributed by atoms with E-state index in [2.05, 4.69) is 17.1 Å². The van der Waals surface area contributed by atoms with Crippen LogP contribution in [0.25, 0.3) is 0 Å². The van der Waals surface area contributed by atoms with E-state index in [4.69, 9.17) is 4.74 Å². The average molecular weight is 282 g/mol. The minimum absolute atomic E-state index is 0.0831. The van der Waals surface area contributed by atoms with Crippen molar-refractivity contribution in [1.29, 1.82) is 0 Å². The molecule has 1 aliphatic heterocycles. The number of hydrogen-bond donors (Lipinski definition) is 1. The lowest BCUT2D eigenvalue weighted by Crippen LogP contribution is -2.49. The second-order valence-corrected chi connectivity index (χ2v) is 6.15. The van der Waals surface area contributed by atoms with E-state index in [-0.39, 0.29) is 12.0 Å². The Hall–Kier alpha value is -0.610. The monoisotopic (exact) mass is 282 g/mol. The fourth-order valence-corrected chi connectivity index (χ4v) is 3.75. The summed E-state index contributed by atoms with van der Waals surface area (Å²) >= 11 is 0. The minimum Gasteiger partial charge on any atom is -0.465 e. The van der Waals surface area contributed by atoms with Gasteiger partial charge in [0.1, 0.15) is 6.04 Å². The van der Waals surface area contributed by atoms with Crippen LogP contribution in [0.2, 0.25) is 0 Å². The highest BCUT2D eigenvalue weighted by Gasteiger charge is 2.37. The zero-order valence-electron chi connectivity index (χ0n) is 13.1. The normalized spacial score (nSPS) is 28.1. The van der Waals surface area contributed by atoms with E-state index in [1.807, 2.05) is 6.92 Å². The zero-order chi connectivity index (χ0) is 14.4. The van der Waals surface area contributed by atoms with Crippen molar-refractivity contribution in [2.75, 3.05) is 26.2 Å². The fraction of sp³-hybridized carbons (Fsp3) is 0.938. The van der Waals surface area contributed by atoms with Crippen molar-refractivity contribution in [2.45, 2.75) is 64.5 Å². The topological polar surface area (TPSA) is 41.6 Å². The molecule has 0 radical (unpaired) electrons. The van der Waals surface area contributed by atoms with E-state index in [0.29, 0.717) is 12.6 Å². The van der Waals surface area contributed by atoms with E-state index in [9.17, 15) is 4.79 Å². The number of rotatable bonds is 7. The van der Waals surface area contributed by atoms with Gasteiger partial charge in [-0.3, -0.25) is 9.69 Å². The summed E-state index contributed by atoms with van der Waals surface area (Å²) in [6.45, 7) is 7.32. The van der Waals surface area contributed by atoms with Crippen LogP contribution in [0.4, 0.5) is 0 Å². The smallest absolute Gasteiger partial charge is 0.324 e. The molecule has 3 atom stereocenters. The maximum Gasteiger partial charge on any atom is 0.324 e. The molecule has 0 bridgehead atoms. The molecule has 0 spiro atoms. The molecule has 0 amide bonds. The molecule has 2 aliphatic rings. The van der Waals surface area contributed by atoms with Gasteiger partial charge < -0.3 is 10.1 Å². The van der Waals surface area contributed by atoms with Gasteiger partial charge in [0.05, 0.1) is 6.61 Å². The molecule has 0 aromatic heterocycles. The molecule has 4 heteroatoms. The van der Waals surface area contributed by atoms with Crippen LogP contribution in [0, 0.1) is 5.92 Å². The molecule has 1 N–H and O–H groups in total. The summed E-state index contributed by atoms with van der Waals surface area (Å²) in [5.41, 5.74) is 0. The lowest BCUT2D eigenvalue weighted by Gasteiger charge is -2.33. The number of nitrogens with one attached hydrogen (secondary N) is 1. The molecule has 0 aromatic rings. The fourth-order valence-electron chi connectivity index (χ4n) is 3.75. The molecule has 20 heavy (non-hydrogen) atoms. The second kappa shape index (κ2) is 7.99. The zero-order valence-corrected chi connectivity index (χ0v) is 13.1. The molecule has 2 rings (SSSR count). The third-order valence-electron chi connectivity index (χ3n) is 4.75. The standard InChI is InChI=1S/C16H30N2O2/c1-3-10-17-14(16(19)20-4-2)12-18-11-9-13-7-5-6-8-15(13)18/h13-15,17H,3-12H2,1-2H3. The lowest BCUT2D eigenvalue weighted by atomic mass is 9.85. The van der Waals surface area contributed by atoms with Crippen LogP contribution in [-0.2, 0) is 9.53 Å². The molecule has 116 valence electrons. The average Bonchev–Trinajstić information content (AvgIpc) is 2.87. The van der Waals surface area contributed by atoms with Crippen molar-refractivity contribution in [1.82, 2.24) is 10.2 Å². The molecule has 3 unspecified atom stereocenters. The van der Waals surface area contributed by atoms with Crippen LogP contribution in [0.15, 0.2) is 0 Å². The van der Waals surface area contributed by atoms with Crippen LogP contribution >= 0.6 is 0 Å². The van der Waals surface area contributed by atoms with Crippen LogP contribution in [0.5, 0.6) is 0 Å². The number of fused-ring (bicyclic) bond motifs is 1. The molecule has 1 aliphatic carbocycles.